The van der Waals surface area contributed by atoms with E-state index in [4.69, 9.17) is 33.5 Å². The Morgan fingerprint density at radius 1 is 1.13 bits per heavy atom. The van der Waals surface area contributed by atoms with Gasteiger partial charge in [0.1, 0.15) is 30.6 Å². The van der Waals surface area contributed by atoms with Crippen LogP contribution in [0, 0.1) is 0 Å². The van der Waals surface area contributed by atoms with E-state index in [1.807, 2.05) is 0 Å². The largest absolute Gasteiger partial charge is 0.481 e. The molecule has 2 aliphatic rings. The van der Waals surface area contributed by atoms with Gasteiger partial charge in [-0.2, -0.15) is 0 Å². The molecule has 0 saturated carbocycles. The van der Waals surface area contributed by atoms with E-state index >= 15 is 4.39 Å². The van der Waals surface area contributed by atoms with Crippen molar-refractivity contribution >= 4 is 17.9 Å². The highest BCUT2D eigenvalue weighted by atomic mass is 19.1. The number of aliphatic hydroxyl groups is 1. The van der Waals surface area contributed by atoms with E-state index in [1.54, 1.807) is 51.1 Å². The topological polar surface area (TPSA) is 203 Å². The van der Waals surface area contributed by atoms with Gasteiger partial charge in [0.2, 0.25) is 12.0 Å². The minimum Gasteiger partial charge on any atom is -0.481 e. The predicted octanol–water partition coefficient (Wildman–Crippen LogP) is 0.440. The second-order valence-corrected chi connectivity index (χ2v) is 11.6. The molecule has 2 saturated heterocycles. The number of esters is 2. The van der Waals surface area contributed by atoms with Gasteiger partial charge in [-0.3, -0.25) is 29.1 Å². The zero-order chi connectivity index (χ0) is 34.5. The van der Waals surface area contributed by atoms with Gasteiger partial charge >= 0.3 is 23.6 Å². The quantitative estimate of drug-likeness (QED) is 0.174. The van der Waals surface area contributed by atoms with Crippen LogP contribution < -0.4 is 21.3 Å². The molecule has 1 aromatic carbocycles. The molecule has 16 nitrogen and oxygen atoms in total. The normalized spacial score (nSPS) is 27.6. The van der Waals surface area contributed by atoms with Crippen LogP contribution in [0.15, 0.2) is 52.2 Å². The molecule has 17 heteroatoms. The van der Waals surface area contributed by atoms with Crippen LogP contribution in [-0.4, -0.2) is 92.5 Å². The van der Waals surface area contributed by atoms with Gasteiger partial charge in [0, 0.05) is 12.3 Å². The number of halogens is 1. The molecule has 0 amide bonds. The maximum Gasteiger partial charge on any atom is 0.336 e. The number of carboxylic acid groups (broad SMARTS) is 1. The molecular weight excluding hydrogens is 629 g/mol. The summed E-state index contributed by atoms with van der Waals surface area (Å²) in [6.45, 7) is 4.63. The number of carboxylic acids is 1. The van der Waals surface area contributed by atoms with Crippen LogP contribution in [0.2, 0.25) is 0 Å². The minimum absolute atomic E-state index is 0.0544. The number of nitrogens with one attached hydrogen (secondary N) is 1. The maximum atomic E-state index is 16.0. The summed E-state index contributed by atoms with van der Waals surface area (Å²) < 4.78 is 50.7. The summed E-state index contributed by atoms with van der Waals surface area (Å²) in [6.07, 6.45) is -6.49. The number of carbonyl (C=O) groups is 3. The number of carbonyl (C=O) groups excluding carboxylic acids is 2. The number of aliphatic hydroxyl groups excluding tert-OH is 1. The number of benzene rings is 1. The Hall–Kier alpha value is -4.16. The van der Waals surface area contributed by atoms with Crippen LogP contribution >= 0.6 is 0 Å². The molecule has 3 heterocycles. The first-order valence-corrected chi connectivity index (χ1v) is 14.8. The number of ether oxygens (including phenoxy) is 6. The molecule has 4 rings (SSSR count). The van der Waals surface area contributed by atoms with Crippen LogP contribution in [-0.2, 0) is 44.8 Å². The molecule has 0 bridgehead atoms. The second kappa shape index (κ2) is 14.7. The number of alkyl halides is 1. The van der Waals surface area contributed by atoms with Gasteiger partial charge in [-0.25, -0.2) is 13.8 Å². The number of nitrogens with zero attached hydrogens (tertiary/aromatic N) is 2. The summed E-state index contributed by atoms with van der Waals surface area (Å²) in [5, 5.41) is 22.6. The van der Waals surface area contributed by atoms with Crippen molar-refractivity contribution in [1.82, 2.24) is 14.5 Å². The average molecular weight is 668 g/mol. The standard InChI is InChI=1S/C30H38FN3O13/c1-17(2)45-25(40)18(3)32-30(47-19-8-6-5-7-9-19)15-43-27(30)42-14-20-24(39)29(4,31)26(46-20)33-13-12-21(35)34(28(33)41)16-44-23(38)11-10-22(36)37/h5-9,12-13,17-18,20,24,26-27,32,39H,10-11,14-16H2,1-4H3,(H,36,37)/t18-,20+,24+,26+,27?,29+,30-/m0/s1. The Bertz CT molecular complexity index is 1550. The van der Waals surface area contributed by atoms with Crippen molar-refractivity contribution in [3.63, 3.8) is 0 Å². The summed E-state index contributed by atoms with van der Waals surface area (Å²) in [5.74, 6) is -2.33. The van der Waals surface area contributed by atoms with E-state index in [1.165, 1.54) is 0 Å². The molecule has 47 heavy (non-hydrogen) atoms. The van der Waals surface area contributed by atoms with E-state index < -0.39 is 97.5 Å². The third-order valence-corrected chi connectivity index (χ3v) is 7.41. The molecule has 2 aromatic rings. The molecule has 258 valence electrons. The molecule has 3 N–H and O–H groups in total. The van der Waals surface area contributed by atoms with E-state index in [2.05, 4.69) is 5.32 Å². The molecule has 1 aromatic heterocycles. The summed E-state index contributed by atoms with van der Waals surface area (Å²) in [4.78, 5) is 60.6. The van der Waals surface area contributed by atoms with Crippen LogP contribution in [0.5, 0.6) is 5.75 Å². The van der Waals surface area contributed by atoms with Gasteiger partial charge in [0.25, 0.3) is 5.56 Å². The Kier molecular flexibility index (Phi) is 11.2. The van der Waals surface area contributed by atoms with E-state index in [0.717, 1.165) is 23.8 Å². The number of aromatic nitrogens is 2. The Labute approximate surface area is 267 Å². The lowest BCUT2D eigenvalue weighted by Crippen LogP contribution is -2.73. The van der Waals surface area contributed by atoms with Gasteiger partial charge in [-0.1, -0.05) is 18.2 Å². The van der Waals surface area contributed by atoms with Gasteiger partial charge in [0.05, 0.1) is 25.6 Å². The van der Waals surface area contributed by atoms with Gasteiger partial charge < -0.3 is 38.6 Å². The lowest BCUT2D eigenvalue weighted by Gasteiger charge is -2.49. The van der Waals surface area contributed by atoms with Crippen molar-refractivity contribution in [2.75, 3.05) is 13.2 Å². The van der Waals surface area contributed by atoms with Crippen molar-refractivity contribution in [2.24, 2.45) is 0 Å². The highest BCUT2D eigenvalue weighted by molar-refractivity contribution is 5.76. The molecule has 2 fully saturated rings. The summed E-state index contributed by atoms with van der Waals surface area (Å²) in [6, 6.07) is 8.71. The number of aliphatic carboxylic acids is 1. The Morgan fingerprint density at radius 2 is 1.83 bits per heavy atom. The number of hydrogen-bond acceptors (Lipinski definition) is 13. The van der Waals surface area contributed by atoms with Crippen LogP contribution in [0.25, 0.3) is 0 Å². The number of hydrogen-bond donors (Lipinski definition) is 3. The van der Waals surface area contributed by atoms with Gasteiger partial charge in [-0.05, 0) is 39.8 Å². The van der Waals surface area contributed by atoms with E-state index in [-0.39, 0.29) is 12.7 Å². The summed E-state index contributed by atoms with van der Waals surface area (Å²) in [5.41, 5.74) is -5.97. The van der Waals surface area contributed by atoms with Crippen LogP contribution in [0.3, 0.4) is 0 Å². The lowest BCUT2D eigenvalue weighted by atomic mass is 9.98. The third kappa shape index (κ3) is 8.23. The zero-order valence-electron chi connectivity index (χ0n) is 26.2. The minimum atomic E-state index is -2.58. The van der Waals surface area contributed by atoms with Crippen molar-refractivity contribution in [3.8, 4) is 5.75 Å². The van der Waals surface area contributed by atoms with E-state index in [9.17, 15) is 29.1 Å². The molecule has 2 aliphatic heterocycles. The molecule has 1 unspecified atom stereocenters. The molecule has 7 atom stereocenters. The molecular formula is C30H38FN3O13. The SMILES string of the molecule is CC(C)OC(=O)[C@H](C)N[C@]1(Oc2ccccc2)COC1OC[C@H]1O[C@@H](n2ccc(=O)n(COC(=O)CCC(=O)O)c2=O)[C@](C)(F)[C@@H]1O. The Morgan fingerprint density at radius 3 is 2.45 bits per heavy atom. The fraction of sp³-hybridized carbons (Fsp3) is 0.567. The fourth-order valence-electron chi connectivity index (χ4n) is 4.94. The smallest absolute Gasteiger partial charge is 0.336 e. The van der Waals surface area contributed by atoms with Crippen molar-refractivity contribution < 1.29 is 57.4 Å². The lowest BCUT2D eigenvalue weighted by molar-refractivity contribution is -0.343. The summed E-state index contributed by atoms with van der Waals surface area (Å²) in [7, 11) is 0. The molecule has 0 aliphatic carbocycles. The molecule has 0 spiro atoms. The van der Waals surface area contributed by atoms with E-state index in [0.29, 0.717) is 10.3 Å². The second-order valence-electron chi connectivity index (χ2n) is 11.6. The Balaban J connectivity index is 1.48. The highest BCUT2D eigenvalue weighted by Crippen LogP contribution is 2.41. The van der Waals surface area contributed by atoms with Crippen molar-refractivity contribution in [1.29, 1.82) is 0 Å². The van der Waals surface area contributed by atoms with Crippen molar-refractivity contribution in [3.05, 3.63) is 63.4 Å². The number of para-hydroxylation sites is 1. The first-order chi connectivity index (χ1) is 22.1. The monoisotopic (exact) mass is 667 g/mol. The first-order valence-electron chi connectivity index (χ1n) is 14.8. The highest BCUT2D eigenvalue weighted by Gasteiger charge is 2.58. The van der Waals surface area contributed by atoms with Gasteiger partial charge in [-0.15, -0.1) is 0 Å². The van der Waals surface area contributed by atoms with Crippen LogP contribution in [0.1, 0.15) is 46.8 Å². The fourth-order valence-corrected chi connectivity index (χ4v) is 4.94. The molecule has 0 radical (unpaired) electrons. The third-order valence-electron chi connectivity index (χ3n) is 7.41. The maximum absolute atomic E-state index is 16.0. The van der Waals surface area contributed by atoms with Crippen LogP contribution in [0.4, 0.5) is 4.39 Å². The average Bonchev–Trinajstić information content (AvgIpc) is 3.22. The zero-order valence-corrected chi connectivity index (χ0v) is 26.2. The first kappa shape index (κ1) is 35.7. The van der Waals surface area contributed by atoms with Gasteiger partial charge in [0.15, 0.2) is 18.6 Å². The van der Waals surface area contributed by atoms with Crippen molar-refractivity contribution in [2.45, 2.75) is 95.5 Å². The predicted molar refractivity (Wildman–Crippen MR) is 157 cm³/mol. The summed E-state index contributed by atoms with van der Waals surface area (Å²) >= 11 is 0. The number of rotatable bonds is 15.